The lowest BCUT2D eigenvalue weighted by molar-refractivity contribution is 0.546. The third kappa shape index (κ3) is 2.13. The molecule has 0 unspecified atom stereocenters. The van der Waals surface area contributed by atoms with Crippen molar-refractivity contribution < 1.29 is 0 Å². The maximum Gasteiger partial charge on any atom is 0.208 e. The highest BCUT2D eigenvalue weighted by atomic mass is 15.3. The van der Waals surface area contributed by atoms with Gasteiger partial charge in [-0.1, -0.05) is 12.8 Å². The number of nitrogens with two attached hydrogens (primary N) is 2. The van der Waals surface area contributed by atoms with Gasteiger partial charge in [0.05, 0.1) is 0 Å². The first kappa shape index (κ1) is 7.18. The van der Waals surface area contributed by atoms with Crippen LogP contribution in [0.2, 0.25) is 0 Å². The zero-order valence-corrected chi connectivity index (χ0v) is 6.01. The summed E-state index contributed by atoms with van der Waals surface area (Å²) in [4.78, 5) is 0. The fourth-order valence-electron chi connectivity index (χ4n) is 1.22. The molecule has 1 fully saturated rings. The van der Waals surface area contributed by atoms with Crippen molar-refractivity contribution >= 4 is 5.96 Å². The molecule has 1 saturated carbocycles. The van der Waals surface area contributed by atoms with Crippen molar-refractivity contribution in [3.8, 4) is 0 Å². The summed E-state index contributed by atoms with van der Waals surface area (Å²) in [6, 6.07) is 0.502. The average Bonchev–Trinajstić information content (AvgIpc) is 2.34. The van der Waals surface area contributed by atoms with E-state index in [1.807, 2.05) is 0 Å². The first-order valence-corrected chi connectivity index (χ1v) is 3.63. The van der Waals surface area contributed by atoms with E-state index in [4.69, 9.17) is 11.5 Å². The van der Waals surface area contributed by atoms with E-state index < -0.39 is 0 Å². The van der Waals surface area contributed by atoms with Crippen LogP contribution in [-0.2, 0) is 0 Å². The second-order valence-corrected chi connectivity index (χ2v) is 2.65. The van der Waals surface area contributed by atoms with E-state index in [2.05, 4.69) is 10.5 Å². The SMILES string of the molecule is NC(N)=NNC1CCCC1. The molecule has 58 valence electrons. The van der Waals surface area contributed by atoms with E-state index >= 15 is 0 Å². The first-order valence-electron chi connectivity index (χ1n) is 3.63. The van der Waals surface area contributed by atoms with Crippen molar-refractivity contribution in [3.05, 3.63) is 0 Å². The molecule has 1 rings (SSSR count). The number of hydrogen-bond acceptors (Lipinski definition) is 2. The van der Waals surface area contributed by atoms with Gasteiger partial charge in [-0.3, -0.25) is 0 Å². The molecule has 0 radical (unpaired) electrons. The van der Waals surface area contributed by atoms with Crippen LogP contribution in [0.5, 0.6) is 0 Å². The Bertz CT molecular complexity index is 122. The van der Waals surface area contributed by atoms with Crippen molar-refractivity contribution in [1.82, 2.24) is 5.43 Å². The molecule has 10 heavy (non-hydrogen) atoms. The molecule has 0 bridgehead atoms. The van der Waals surface area contributed by atoms with E-state index in [1.165, 1.54) is 25.7 Å². The van der Waals surface area contributed by atoms with Crippen molar-refractivity contribution in [2.45, 2.75) is 31.7 Å². The minimum Gasteiger partial charge on any atom is -0.369 e. The molecule has 0 aromatic carbocycles. The summed E-state index contributed by atoms with van der Waals surface area (Å²) in [5, 5.41) is 3.73. The molecular formula is C6H14N4. The van der Waals surface area contributed by atoms with Gasteiger partial charge in [0.25, 0.3) is 0 Å². The molecule has 0 atom stereocenters. The molecule has 1 aliphatic carbocycles. The highest BCUT2D eigenvalue weighted by Gasteiger charge is 2.12. The van der Waals surface area contributed by atoms with Gasteiger partial charge in [0.2, 0.25) is 5.96 Å². The van der Waals surface area contributed by atoms with Crippen LogP contribution >= 0.6 is 0 Å². The summed E-state index contributed by atoms with van der Waals surface area (Å²) in [7, 11) is 0. The molecule has 1 aliphatic rings. The lowest BCUT2D eigenvalue weighted by Gasteiger charge is -2.06. The lowest BCUT2D eigenvalue weighted by atomic mass is 10.3. The second kappa shape index (κ2) is 3.29. The number of nitrogens with one attached hydrogen (secondary N) is 1. The van der Waals surface area contributed by atoms with Crippen LogP contribution in [0.3, 0.4) is 0 Å². The van der Waals surface area contributed by atoms with Crippen LogP contribution in [0.15, 0.2) is 5.10 Å². The van der Waals surface area contributed by atoms with Crippen molar-refractivity contribution in [2.24, 2.45) is 16.6 Å². The molecule has 0 spiro atoms. The second-order valence-electron chi connectivity index (χ2n) is 2.65. The van der Waals surface area contributed by atoms with E-state index in [1.54, 1.807) is 0 Å². The summed E-state index contributed by atoms with van der Waals surface area (Å²) in [6.07, 6.45) is 4.96. The Morgan fingerprint density at radius 1 is 1.30 bits per heavy atom. The summed E-state index contributed by atoms with van der Waals surface area (Å²) < 4.78 is 0. The van der Waals surface area contributed by atoms with Gasteiger partial charge in [-0.05, 0) is 12.8 Å². The van der Waals surface area contributed by atoms with Crippen LogP contribution in [0.4, 0.5) is 0 Å². The van der Waals surface area contributed by atoms with E-state index in [9.17, 15) is 0 Å². The van der Waals surface area contributed by atoms with Crippen LogP contribution < -0.4 is 16.9 Å². The Morgan fingerprint density at radius 2 is 1.90 bits per heavy atom. The number of rotatable bonds is 2. The maximum atomic E-state index is 5.14. The van der Waals surface area contributed by atoms with Crippen molar-refractivity contribution in [1.29, 1.82) is 0 Å². The Balaban J connectivity index is 2.18. The molecule has 4 nitrogen and oxygen atoms in total. The minimum atomic E-state index is 0.117. The number of nitrogens with zero attached hydrogens (tertiary/aromatic N) is 1. The molecule has 0 amide bonds. The largest absolute Gasteiger partial charge is 0.369 e. The topological polar surface area (TPSA) is 76.4 Å². The molecule has 0 heterocycles. The number of hydrogen-bond donors (Lipinski definition) is 3. The van der Waals surface area contributed by atoms with Gasteiger partial charge < -0.3 is 16.9 Å². The fraction of sp³-hybridized carbons (Fsp3) is 0.833. The molecular weight excluding hydrogens is 128 g/mol. The predicted octanol–water partition coefficient (Wildman–Crippen LogP) is -0.293. The zero-order chi connectivity index (χ0) is 7.40. The van der Waals surface area contributed by atoms with Crippen LogP contribution in [-0.4, -0.2) is 12.0 Å². The predicted molar refractivity (Wildman–Crippen MR) is 41.2 cm³/mol. The van der Waals surface area contributed by atoms with Gasteiger partial charge in [-0.25, -0.2) is 0 Å². The Hall–Kier alpha value is -0.930. The van der Waals surface area contributed by atoms with Gasteiger partial charge in [-0.15, -0.1) is 5.10 Å². The van der Waals surface area contributed by atoms with E-state index in [0.29, 0.717) is 6.04 Å². The quantitative estimate of drug-likeness (QED) is 0.281. The summed E-state index contributed by atoms with van der Waals surface area (Å²) >= 11 is 0. The Morgan fingerprint density at radius 3 is 2.40 bits per heavy atom. The summed E-state index contributed by atoms with van der Waals surface area (Å²) in [5.74, 6) is 0.117. The van der Waals surface area contributed by atoms with Crippen LogP contribution in [0, 0.1) is 0 Å². The number of hydrazone groups is 1. The molecule has 5 N–H and O–H groups in total. The molecule has 0 aromatic heterocycles. The van der Waals surface area contributed by atoms with E-state index in [-0.39, 0.29) is 5.96 Å². The third-order valence-corrected chi connectivity index (χ3v) is 1.73. The van der Waals surface area contributed by atoms with Gasteiger partial charge in [0, 0.05) is 6.04 Å². The van der Waals surface area contributed by atoms with E-state index in [0.717, 1.165) is 0 Å². The summed E-state index contributed by atoms with van der Waals surface area (Å²) in [5.41, 5.74) is 13.2. The van der Waals surface area contributed by atoms with Gasteiger partial charge in [0.15, 0.2) is 0 Å². The molecule has 0 saturated heterocycles. The molecule has 0 aromatic rings. The third-order valence-electron chi connectivity index (χ3n) is 1.73. The Labute approximate surface area is 60.7 Å². The normalized spacial score (nSPS) is 18.8. The van der Waals surface area contributed by atoms with Crippen molar-refractivity contribution in [2.75, 3.05) is 0 Å². The van der Waals surface area contributed by atoms with Crippen molar-refractivity contribution in [3.63, 3.8) is 0 Å². The Kier molecular flexibility index (Phi) is 2.36. The fourth-order valence-corrected chi connectivity index (χ4v) is 1.22. The maximum absolute atomic E-state index is 5.14. The number of guanidine groups is 1. The highest BCUT2D eigenvalue weighted by molar-refractivity contribution is 5.75. The van der Waals surface area contributed by atoms with Crippen LogP contribution in [0.1, 0.15) is 25.7 Å². The van der Waals surface area contributed by atoms with Gasteiger partial charge in [-0.2, -0.15) is 0 Å². The lowest BCUT2D eigenvalue weighted by Crippen LogP contribution is -2.30. The monoisotopic (exact) mass is 142 g/mol. The van der Waals surface area contributed by atoms with Gasteiger partial charge >= 0.3 is 0 Å². The minimum absolute atomic E-state index is 0.117. The smallest absolute Gasteiger partial charge is 0.208 e. The molecule has 0 aliphatic heterocycles. The standard InChI is InChI=1S/C6H14N4/c7-6(8)10-9-5-3-1-2-4-5/h5,9H,1-4H2,(H4,7,8,10). The first-order chi connectivity index (χ1) is 4.79. The molecule has 4 heteroatoms. The van der Waals surface area contributed by atoms with Crippen LogP contribution in [0.25, 0.3) is 0 Å². The zero-order valence-electron chi connectivity index (χ0n) is 6.01. The summed E-state index contributed by atoms with van der Waals surface area (Å²) in [6.45, 7) is 0. The average molecular weight is 142 g/mol. The van der Waals surface area contributed by atoms with Gasteiger partial charge in [0.1, 0.15) is 0 Å². The highest BCUT2D eigenvalue weighted by Crippen LogP contribution is 2.17.